The van der Waals surface area contributed by atoms with E-state index < -0.39 is 0 Å². The van der Waals surface area contributed by atoms with E-state index in [9.17, 15) is 0 Å². The lowest BCUT2D eigenvalue weighted by atomic mass is 9.68. The molecule has 0 bridgehead atoms. The van der Waals surface area contributed by atoms with Crippen LogP contribution in [-0.2, 0) is 6.42 Å². The molecule has 0 nitrogen and oxygen atoms in total. The third kappa shape index (κ3) is 7.16. The lowest BCUT2D eigenvalue weighted by Crippen LogP contribution is -2.25. The zero-order valence-corrected chi connectivity index (χ0v) is 19.0. The molecule has 0 aliphatic heterocycles. The fourth-order valence-corrected chi connectivity index (χ4v) is 5.93. The van der Waals surface area contributed by atoms with Gasteiger partial charge in [-0.15, -0.1) is 0 Å². The number of rotatable bonds is 10. The highest BCUT2D eigenvalue weighted by molar-refractivity contribution is 5.26. The van der Waals surface area contributed by atoms with Gasteiger partial charge < -0.3 is 0 Å². The summed E-state index contributed by atoms with van der Waals surface area (Å²) in [7, 11) is 0. The Labute approximate surface area is 180 Å². The summed E-state index contributed by atoms with van der Waals surface area (Å²) in [6, 6.07) is 9.70. The molecule has 29 heavy (non-hydrogen) atoms. The van der Waals surface area contributed by atoms with E-state index in [4.69, 9.17) is 0 Å². The highest BCUT2D eigenvalue weighted by atomic mass is 14.4. The summed E-state index contributed by atoms with van der Waals surface area (Å²) >= 11 is 0. The van der Waals surface area contributed by atoms with Gasteiger partial charge in [0.25, 0.3) is 0 Å². The fourth-order valence-electron chi connectivity index (χ4n) is 5.93. The normalized spacial score (nSPS) is 27.9. The second-order valence-electron chi connectivity index (χ2n) is 9.83. The summed E-state index contributed by atoms with van der Waals surface area (Å²) in [5.41, 5.74) is 3.15. The van der Waals surface area contributed by atoms with Crippen LogP contribution in [0.2, 0.25) is 0 Å². The molecular formula is C29H44. The molecule has 0 radical (unpaired) electrons. The first kappa shape index (κ1) is 22.4. The molecule has 2 aliphatic rings. The van der Waals surface area contributed by atoms with Crippen molar-refractivity contribution in [1.82, 2.24) is 0 Å². The Balaban J connectivity index is 1.37. The summed E-state index contributed by atoms with van der Waals surface area (Å²) in [6.45, 7) is 6.05. The van der Waals surface area contributed by atoms with E-state index in [1.54, 1.807) is 5.56 Å². The Bertz CT molecular complexity index is 591. The number of benzene rings is 1. The molecule has 0 heterocycles. The van der Waals surface area contributed by atoms with Crippen molar-refractivity contribution in [3.05, 3.63) is 60.2 Å². The van der Waals surface area contributed by atoms with Gasteiger partial charge in [-0.2, -0.15) is 0 Å². The van der Waals surface area contributed by atoms with Crippen LogP contribution < -0.4 is 0 Å². The molecule has 0 aromatic heterocycles. The minimum atomic E-state index is 0.823. The highest BCUT2D eigenvalue weighted by Crippen LogP contribution is 2.44. The number of unbranched alkanes of at least 4 members (excludes halogenated alkanes) is 2. The Kier molecular flexibility index (Phi) is 9.58. The maximum absolute atomic E-state index is 3.76. The van der Waals surface area contributed by atoms with Crippen molar-refractivity contribution in [3.8, 4) is 0 Å². The second kappa shape index (κ2) is 12.4. The van der Waals surface area contributed by atoms with Crippen molar-refractivity contribution in [2.24, 2.45) is 17.8 Å². The minimum absolute atomic E-state index is 0.823. The summed E-state index contributed by atoms with van der Waals surface area (Å²) in [6.07, 6.45) is 25.9. The van der Waals surface area contributed by atoms with Gasteiger partial charge in [-0.3, -0.25) is 0 Å². The van der Waals surface area contributed by atoms with E-state index in [1.165, 1.54) is 95.5 Å². The topological polar surface area (TPSA) is 0 Å². The molecular weight excluding hydrogens is 348 g/mol. The number of hydrogen-bond acceptors (Lipinski definition) is 0. The molecule has 0 N–H and O–H groups in total. The maximum atomic E-state index is 3.76. The van der Waals surface area contributed by atoms with Crippen LogP contribution in [0.5, 0.6) is 0 Å². The first-order valence-electron chi connectivity index (χ1n) is 12.7. The predicted molar refractivity (Wildman–Crippen MR) is 128 cm³/mol. The maximum Gasteiger partial charge on any atom is -0.0162 e. The van der Waals surface area contributed by atoms with Crippen molar-refractivity contribution in [2.45, 2.75) is 103 Å². The van der Waals surface area contributed by atoms with Crippen molar-refractivity contribution in [2.75, 3.05) is 0 Å². The first-order valence-corrected chi connectivity index (χ1v) is 12.7. The summed E-state index contributed by atoms with van der Waals surface area (Å²) < 4.78 is 0. The smallest absolute Gasteiger partial charge is 0.0162 e. The van der Waals surface area contributed by atoms with Gasteiger partial charge in [-0.1, -0.05) is 81.7 Å². The SMILES string of the molecule is C=C/C=C/CCC1CCC(C2CCC(c3ccc(CCCCC)cc3)CC2)CC1. The van der Waals surface area contributed by atoms with Crippen molar-refractivity contribution >= 4 is 0 Å². The van der Waals surface area contributed by atoms with E-state index >= 15 is 0 Å². The van der Waals surface area contributed by atoms with E-state index in [2.05, 4.69) is 49.9 Å². The van der Waals surface area contributed by atoms with Crippen LogP contribution in [-0.4, -0.2) is 0 Å². The summed E-state index contributed by atoms with van der Waals surface area (Å²) in [5.74, 6) is 3.84. The largest absolute Gasteiger partial charge is 0.0991 e. The van der Waals surface area contributed by atoms with Gasteiger partial charge in [0, 0.05) is 0 Å². The van der Waals surface area contributed by atoms with Gasteiger partial charge in [-0.25, -0.2) is 0 Å². The van der Waals surface area contributed by atoms with Gasteiger partial charge in [0.2, 0.25) is 0 Å². The molecule has 2 fully saturated rings. The third-order valence-electron chi connectivity index (χ3n) is 7.86. The van der Waals surface area contributed by atoms with Crippen LogP contribution >= 0.6 is 0 Å². The zero-order valence-electron chi connectivity index (χ0n) is 19.0. The van der Waals surface area contributed by atoms with Crippen molar-refractivity contribution in [1.29, 1.82) is 0 Å². The molecule has 0 amide bonds. The lowest BCUT2D eigenvalue weighted by molar-refractivity contribution is 0.157. The van der Waals surface area contributed by atoms with Crippen LogP contribution in [0.15, 0.2) is 49.1 Å². The molecule has 0 spiro atoms. The molecule has 1 aromatic carbocycles. The van der Waals surface area contributed by atoms with E-state index in [0.29, 0.717) is 0 Å². The highest BCUT2D eigenvalue weighted by Gasteiger charge is 2.31. The second-order valence-corrected chi connectivity index (χ2v) is 9.83. The molecule has 0 heteroatoms. The van der Waals surface area contributed by atoms with Gasteiger partial charge in [0.1, 0.15) is 0 Å². The van der Waals surface area contributed by atoms with E-state index in [-0.39, 0.29) is 0 Å². The summed E-state index contributed by atoms with van der Waals surface area (Å²) in [5, 5.41) is 0. The van der Waals surface area contributed by atoms with Crippen molar-refractivity contribution in [3.63, 3.8) is 0 Å². The quantitative estimate of drug-likeness (QED) is 0.275. The molecule has 160 valence electrons. The standard InChI is InChI=1S/C29H44/c1-3-5-7-9-11-25-14-18-27(19-15-25)29-22-20-28(21-23-29)26-16-12-24(13-17-26)10-8-6-4-2/h3,5,7,12-13,16-17,25,27-29H,1,4,6,8-11,14-15,18-23H2,2H3/b7-5+. The van der Waals surface area contributed by atoms with Gasteiger partial charge in [0.15, 0.2) is 0 Å². The van der Waals surface area contributed by atoms with Gasteiger partial charge in [0.05, 0.1) is 0 Å². The molecule has 2 saturated carbocycles. The number of aryl methyl sites for hydroxylation is 1. The fraction of sp³-hybridized carbons (Fsp3) is 0.655. The minimum Gasteiger partial charge on any atom is -0.0991 e. The predicted octanol–water partition coefficient (Wildman–Crippen LogP) is 9.02. The van der Waals surface area contributed by atoms with Crippen LogP contribution in [0.3, 0.4) is 0 Å². The Morgan fingerprint density at radius 3 is 2.14 bits per heavy atom. The molecule has 2 aliphatic carbocycles. The first-order chi connectivity index (χ1) is 14.3. The Morgan fingerprint density at radius 2 is 1.52 bits per heavy atom. The average molecular weight is 393 g/mol. The molecule has 1 aromatic rings. The Morgan fingerprint density at radius 1 is 0.862 bits per heavy atom. The molecule has 0 unspecified atom stereocenters. The van der Waals surface area contributed by atoms with Crippen LogP contribution in [0, 0.1) is 17.8 Å². The van der Waals surface area contributed by atoms with Crippen LogP contribution in [0.4, 0.5) is 0 Å². The van der Waals surface area contributed by atoms with Crippen molar-refractivity contribution < 1.29 is 0 Å². The lowest BCUT2D eigenvalue weighted by Gasteiger charge is -2.38. The van der Waals surface area contributed by atoms with Gasteiger partial charge >= 0.3 is 0 Å². The summed E-state index contributed by atoms with van der Waals surface area (Å²) in [4.78, 5) is 0. The number of allylic oxidation sites excluding steroid dienone is 3. The van der Waals surface area contributed by atoms with Gasteiger partial charge in [-0.05, 0) is 99.0 Å². The molecule has 0 saturated heterocycles. The molecule has 0 atom stereocenters. The van der Waals surface area contributed by atoms with E-state index in [0.717, 1.165) is 23.7 Å². The number of hydrogen-bond donors (Lipinski definition) is 0. The zero-order chi connectivity index (χ0) is 20.3. The third-order valence-corrected chi connectivity index (χ3v) is 7.86. The average Bonchev–Trinajstić information content (AvgIpc) is 2.78. The Hall–Kier alpha value is -1.30. The van der Waals surface area contributed by atoms with E-state index in [1.807, 2.05) is 6.08 Å². The monoisotopic (exact) mass is 392 g/mol. The van der Waals surface area contributed by atoms with Crippen LogP contribution in [0.1, 0.15) is 107 Å². The van der Waals surface area contributed by atoms with Crippen LogP contribution in [0.25, 0.3) is 0 Å². The molecule has 3 rings (SSSR count).